The van der Waals surface area contributed by atoms with Gasteiger partial charge in [-0.25, -0.2) is 4.68 Å². The van der Waals surface area contributed by atoms with Crippen molar-refractivity contribution in [1.29, 1.82) is 0 Å². The fraction of sp³-hybridized carbons (Fsp3) is 0.200. The molecule has 4 rings (SSSR count). The highest BCUT2D eigenvalue weighted by Gasteiger charge is 2.34. The van der Waals surface area contributed by atoms with Crippen molar-refractivity contribution >= 4 is 17.5 Å². The van der Waals surface area contributed by atoms with E-state index in [1.54, 1.807) is 47.4 Å². The van der Waals surface area contributed by atoms with Crippen LogP contribution >= 0.6 is 0 Å². The second-order valence-electron chi connectivity index (χ2n) is 6.67. The molecule has 1 saturated heterocycles. The molecule has 1 aliphatic rings. The molecular weight excluding hydrogens is 399 g/mol. The number of amides is 2. The van der Waals surface area contributed by atoms with Crippen LogP contribution in [0.1, 0.15) is 16.1 Å². The molecule has 0 aliphatic carbocycles. The van der Waals surface area contributed by atoms with E-state index in [-0.39, 0.29) is 31.2 Å². The number of pyridine rings is 1. The molecule has 1 aliphatic heterocycles. The van der Waals surface area contributed by atoms with E-state index in [1.807, 2.05) is 0 Å². The number of nitrogens with zero attached hydrogens (tertiary/aromatic N) is 5. The van der Waals surface area contributed by atoms with Crippen molar-refractivity contribution in [3.8, 4) is 5.69 Å². The third kappa shape index (κ3) is 3.88. The summed E-state index contributed by atoms with van der Waals surface area (Å²) in [6, 6.07) is 10.8. The van der Waals surface area contributed by atoms with Crippen LogP contribution in [0.2, 0.25) is 0 Å². The molecule has 30 heavy (non-hydrogen) atoms. The second-order valence-corrected chi connectivity index (χ2v) is 6.67. The molecular formula is C20H16F3N5O2. The van der Waals surface area contributed by atoms with E-state index in [9.17, 15) is 22.8 Å². The van der Waals surface area contributed by atoms with Gasteiger partial charge in [0.1, 0.15) is 12.2 Å². The highest BCUT2D eigenvalue weighted by Crippen LogP contribution is 2.30. The van der Waals surface area contributed by atoms with E-state index in [2.05, 4.69) is 10.1 Å². The van der Waals surface area contributed by atoms with Gasteiger partial charge < -0.3 is 9.80 Å². The van der Waals surface area contributed by atoms with Crippen molar-refractivity contribution in [3.05, 3.63) is 72.3 Å². The third-order valence-electron chi connectivity index (χ3n) is 4.72. The number of halogens is 3. The molecule has 154 valence electrons. The average Bonchev–Trinajstić information content (AvgIpc) is 3.28. The van der Waals surface area contributed by atoms with Crippen LogP contribution in [0.4, 0.5) is 18.9 Å². The van der Waals surface area contributed by atoms with Crippen LogP contribution in [-0.2, 0) is 11.0 Å². The summed E-state index contributed by atoms with van der Waals surface area (Å²) in [4.78, 5) is 31.4. The normalized spacial score (nSPS) is 14.8. The number of anilines is 1. The molecule has 7 nitrogen and oxygen atoms in total. The molecule has 0 spiro atoms. The molecule has 1 aromatic carbocycles. The fourth-order valence-corrected chi connectivity index (χ4v) is 3.25. The van der Waals surface area contributed by atoms with Gasteiger partial charge in [0.2, 0.25) is 5.91 Å². The lowest BCUT2D eigenvalue weighted by Gasteiger charge is -2.34. The summed E-state index contributed by atoms with van der Waals surface area (Å²) in [6.45, 7) is 0.0550. The fourth-order valence-electron chi connectivity index (χ4n) is 3.25. The topological polar surface area (TPSA) is 71.3 Å². The van der Waals surface area contributed by atoms with Crippen LogP contribution in [0.3, 0.4) is 0 Å². The molecule has 1 fully saturated rings. The number of piperazine rings is 1. The summed E-state index contributed by atoms with van der Waals surface area (Å²) in [5.74, 6) is -0.792. The molecule has 0 atom stereocenters. The molecule has 2 amide bonds. The predicted molar refractivity (Wildman–Crippen MR) is 101 cm³/mol. The summed E-state index contributed by atoms with van der Waals surface area (Å²) in [7, 11) is 0. The number of benzene rings is 1. The van der Waals surface area contributed by atoms with Gasteiger partial charge in [-0.05, 0) is 36.4 Å². The number of carbonyl (C=O) groups excluding carboxylic acids is 2. The van der Waals surface area contributed by atoms with Gasteiger partial charge >= 0.3 is 6.18 Å². The van der Waals surface area contributed by atoms with E-state index >= 15 is 0 Å². The molecule has 10 heteroatoms. The molecule has 0 N–H and O–H groups in total. The maximum absolute atomic E-state index is 12.9. The van der Waals surface area contributed by atoms with Crippen LogP contribution in [0.15, 0.2) is 61.1 Å². The van der Waals surface area contributed by atoms with Crippen LogP contribution in [0.5, 0.6) is 0 Å². The molecule has 3 heterocycles. The Morgan fingerprint density at radius 2 is 1.83 bits per heavy atom. The van der Waals surface area contributed by atoms with Crippen molar-refractivity contribution in [3.63, 3.8) is 0 Å². The minimum Gasteiger partial charge on any atom is -0.328 e. The average molecular weight is 415 g/mol. The number of alkyl halides is 3. The summed E-state index contributed by atoms with van der Waals surface area (Å²) in [5, 5.41) is 4.13. The van der Waals surface area contributed by atoms with Crippen molar-refractivity contribution in [1.82, 2.24) is 19.7 Å². The quantitative estimate of drug-likeness (QED) is 0.660. The number of aromatic nitrogens is 3. The lowest BCUT2D eigenvalue weighted by Crippen LogP contribution is -2.52. The van der Waals surface area contributed by atoms with Gasteiger partial charge in [-0.1, -0.05) is 6.07 Å². The van der Waals surface area contributed by atoms with Crippen LogP contribution in [0, 0.1) is 0 Å². The lowest BCUT2D eigenvalue weighted by molar-refractivity contribution is -0.141. The van der Waals surface area contributed by atoms with Crippen LogP contribution in [-0.4, -0.2) is 51.1 Å². The lowest BCUT2D eigenvalue weighted by atomic mass is 10.1. The highest BCUT2D eigenvalue weighted by molar-refractivity contribution is 6.01. The zero-order valence-electron chi connectivity index (χ0n) is 15.6. The van der Waals surface area contributed by atoms with Gasteiger partial charge in [-0.3, -0.25) is 14.6 Å². The zero-order chi connectivity index (χ0) is 21.3. The van der Waals surface area contributed by atoms with E-state index in [4.69, 9.17) is 0 Å². The number of rotatable bonds is 3. The van der Waals surface area contributed by atoms with Gasteiger partial charge in [-0.2, -0.15) is 18.3 Å². The van der Waals surface area contributed by atoms with Gasteiger partial charge in [0, 0.05) is 42.9 Å². The summed E-state index contributed by atoms with van der Waals surface area (Å²) >= 11 is 0. The first-order valence-electron chi connectivity index (χ1n) is 9.06. The summed E-state index contributed by atoms with van der Waals surface area (Å²) in [6.07, 6.45) is -0.217. The first-order valence-corrected chi connectivity index (χ1v) is 9.06. The molecule has 0 bridgehead atoms. The van der Waals surface area contributed by atoms with E-state index in [0.717, 1.165) is 12.3 Å². The monoisotopic (exact) mass is 415 g/mol. The Balaban J connectivity index is 1.49. The molecule has 0 radical (unpaired) electrons. The van der Waals surface area contributed by atoms with Crippen molar-refractivity contribution in [2.45, 2.75) is 6.18 Å². The largest absolute Gasteiger partial charge is 0.433 e. The summed E-state index contributed by atoms with van der Waals surface area (Å²) in [5.41, 5.74) is 0.136. The van der Waals surface area contributed by atoms with Crippen molar-refractivity contribution in [2.24, 2.45) is 0 Å². The van der Waals surface area contributed by atoms with Crippen LogP contribution in [0.25, 0.3) is 5.69 Å². The Labute approximate surface area is 169 Å². The highest BCUT2D eigenvalue weighted by atomic mass is 19.4. The predicted octanol–water partition coefficient (Wildman–Crippen LogP) is 2.78. The Hall–Kier alpha value is -3.69. The second kappa shape index (κ2) is 7.62. The Morgan fingerprint density at radius 3 is 2.53 bits per heavy atom. The number of hydrogen-bond acceptors (Lipinski definition) is 4. The first kappa shape index (κ1) is 19.6. The van der Waals surface area contributed by atoms with Crippen LogP contribution < -0.4 is 4.90 Å². The van der Waals surface area contributed by atoms with Gasteiger partial charge in [0.25, 0.3) is 5.91 Å². The van der Waals surface area contributed by atoms with E-state index in [1.165, 1.54) is 15.9 Å². The van der Waals surface area contributed by atoms with Gasteiger partial charge in [0.05, 0.1) is 5.69 Å². The Bertz CT molecular complexity index is 1080. The Kier molecular flexibility index (Phi) is 4.98. The van der Waals surface area contributed by atoms with Crippen molar-refractivity contribution in [2.75, 3.05) is 24.5 Å². The summed E-state index contributed by atoms with van der Waals surface area (Å²) < 4.78 is 40.3. The maximum Gasteiger partial charge on any atom is 0.433 e. The number of carbonyl (C=O) groups is 2. The molecule has 0 unspecified atom stereocenters. The Morgan fingerprint density at radius 1 is 1.00 bits per heavy atom. The minimum atomic E-state index is -4.60. The molecule has 3 aromatic rings. The first-order chi connectivity index (χ1) is 14.3. The van der Waals surface area contributed by atoms with E-state index in [0.29, 0.717) is 11.3 Å². The molecule has 2 aromatic heterocycles. The smallest absolute Gasteiger partial charge is 0.328 e. The SMILES string of the molecule is O=C(c1cccc(-n2cccn2)c1)N1CCN(c2ccnc(C(F)(F)F)c2)C(=O)C1. The van der Waals surface area contributed by atoms with E-state index < -0.39 is 17.8 Å². The van der Waals surface area contributed by atoms with Gasteiger partial charge in [-0.15, -0.1) is 0 Å². The molecule has 0 saturated carbocycles. The number of hydrogen-bond donors (Lipinski definition) is 0. The minimum absolute atomic E-state index is 0.0880. The standard InChI is InChI=1S/C20H16F3N5O2/c21-20(22,23)17-12-15(5-7-24-17)27-10-9-26(13-18(27)29)19(30)14-3-1-4-16(11-14)28-8-2-6-25-28/h1-8,11-12H,9-10,13H2. The third-order valence-corrected chi connectivity index (χ3v) is 4.72. The van der Waals surface area contributed by atoms with Crippen molar-refractivity contribution < 1.29 is 22.8 Å². The van der Waals surface area contributed by atoms with Gasteiger partial charge in [0.15, 0.2) is 0 Å². The maximum atomic E-state index is 12.9. The zero-order valence-corrected chi connectivity index (χ0v) is 15.6.